The van der Waals surface area contributed by atoms with Crippen LogP contribution in [0.5, 0.6) is 5.75 Å². The number of rotatable bonds is 8. The van der Waals surface area contributed by atoms with Crippen LogP contribution in [0, 0.1) is 0 Å². The zero-order valence-electron chi connectivity index (χ0n) is 16.0. The van der Waals surface area contributed by atoms with Gasteiger partial charge in [0.25, 0.3) is 11.8 Å². The Balaban J connectivity index is 1.39. The van der Waals surface area contributed by atoms with Gasteiger partial charge in [0.15, 0.2) is 12.3 Å². The number of aromatic amines is 1. The molecule has 0 fully saturated rings. The predicted octanol–water partition coefficient (Wildman–Crippen LogP) is 2.61. The van der Waals surface area contributed by atoms with E-state index >= 15 is 0 Å². The number of fused-ring (bicyclic) bond motifs is 1. The second-order valence-electron chi connectivity index (χ2n) is 6.74. The highest BCUT2D eigenvalue weighted by Gasteiger charge is 2.13. The molecule has 1 aromatic heterocycles. The Morgan fingerprint density at radius 2 is 1.86 bits per heavy atom. The molecular weight excluding hydrogens is 356 g/mol. The number of hydrogen-bond donors (Lipinski definition) is 3. The monoisotopic (exact) mass is 380 g/mol. The van der Waals surface area contributed by atoms with Gasteiger partial charge < -0.3 is 15.4 Å². The number of nitrogens with one attached hydrogen (secondary N) is 3. The Morgan fingerprint density at radius 1 is 1.07 bits per heavy atom. The van der Waals surface area contributed by atoms with Gasteiger partial charge in [0, 0.05) is 18.5 Å². The molecule has 0 aliphatic carbocycles. The number of carbonyl (C=O) groups is 2. The van der Waals surface area contributed by atoms with E-state index in [2.05, 4.69) is 34.7 Å². The fraction of sp³-hybridized carbons (Fsp3) is 0.286. The Labute approximate surface area is 163 Å². The van der Waals surface area contributed by atoms with Gasteiger partial charge >= 0.3 is 0 Å². The fourth-order valence-electron chi connectivity index (χ4n) is 2.76. The van der Waals surface area contributed by atoms with Gasteiger partial charge in [-0.15, -0.1) is 0 Å². The predicted molar refractivity (Wildman–Crippen MR) is 107 cm³/mol. The van der Waals surface area contributed by atoms with Crippen molar-refractivity contribution < 1.29 is 14.3 Å². The summed E-state index contributed by atoms with van der Waals surface area (Å²) < 4.78 is 5.53. The number of carbonyl (C=O) groups excluding carboxylic acids is 2. The summed E-state index contributed by atoms with van der Waals surface area (Å²) in [6.07, 6.45) is 0. The molecule has 7 heteroatoms. The van der Waals surface area contributed by atoms with Gasteiger partial charge in [-0.1, -0.05) is 44.2 Å². The third kappa shape index (κ3) is 4.88. The van der Waals surface area contributed by atoms with Gasteiger partial charge in [-0.05, 0) is 29.7 Å². The first-order valence-electron chi connectivity index (χ1n) is 9.25. The summed E-state index contributed by atoms with van der Waals surface area (Å²) in [5.74, 6) is 0.538. The second-order valence-corrected chi connectivity index (χ2v) is 6.74. The van der Waals surface area contributed by atoms with E-state index in [0.29, 0.717) is 30.5 Å². The van der Waals surface area contributed by atoms with Crippen molar-refractivity contribution >= 4 is 22.7 Å². The number of nitrogens with zero attached hydrogens (tertiary/aromatic N) is 1. The molecule has 0 aliphatic heterocycles. The van der Waals surface area contributed by atoms with Crippen LogP contribution in [0.1, 0.15) is 35.8 Å². The zero-order chi connectivity index (χ0) is 19.9. The minimum Gasteiger partial charge on any atom is -0.484 e. The molecule has 0 spiro atoms. The molecule has 3 aromatic rings. The molecule has 0 bridgehead atoms. The van der Waals surface area contributed by atoms with Crippen molar-refractivity contribution in [2.24, 2.45) is 0 Å². The molecule has 28 heavy (non-hydrogen) atoms. The first-order chi connectivity index (χ1) is 13.5. The number of hydrogen-bond acceptors (Lipinski definition) is 4. The van der Waals surface area contributed by atoms with E-state index < -0.39 is 0 Å². The summed E-state index contributed by atoms with van der Waals surface area (Å²) in [6.45, 7) is 4.74. The first kappa shape index (κ1) is 19.4. The molecule has 0 atom stereocenters. The molecule has 146 valence electrons. The lowest BCUT2D eigenvalue weighted by atomic mass is 10.0. The third-order valence-corrected chi connectivity index (χ3v) is 4.31. The Bertz CT molecular complexity index is 965. The molecule has 0 saturated heterocycles. The van der Waals surface area contributed by atoms with Crippen LogP contribution >= 0.6 is 0 Å². The molecule has 0 radical (unpaired) electrons. The topological polar surface area (TPSA) is 96.1 Å². The smallest absolute Gasteiger partial charge is 0.272 e. The van der Waals surface area contributed by atoms with Crippen LogP contribution in [0.15, 0.2) is 48.5 Å². The van der Waals surface area contributed by atoms with Crippen LogP contribution < -0.4 is 15.4 Å². The van der Waals surface area contributed by atoms with Gasteiger partial charge in [0.2, 0.25) is 0 Å². The average molecular weight is 380 g/mol. The average Bonchev–Trinajstić information content (AvgIpc) is 3.14. The Morgan fingerprint density at radius 3 is 2.68 bits per heavy atom. The van der Waals surface area contributed by atoms with Crippen LogP contribution in [0.25, 0.3) is 10.9 Å². The van der Waals surface area contributed by atoms with Gasteiger partial charge in [0.05, 0.1) is 5.52 Å². The summed E-state index contributed by atoms with van der Waals surface area (Å²) in [5.41, 5.74) is 2.31. The summed E-state index contributed by atoms with van der Waals surface area (Å²) in [5, 5.41) is 13.1. The number of ether oxygens (including phenoxy) is 1. The van der Waals surface area contributed by atoms with E-state index in [0.717, 1.165) is 16.5 Å². The minimum absolute atomic E-state index is 0.0699. The maximum Gasteiger partial charge on any atom is 0.272 e. The zero-order valence-corrected chi connectivity index (χ0v) is 16.0. The number of benzene rings is 2. The van der Waals surface area contributed by atoms with Gasteiger partial charge in [0.1, 0.15) is 5.75 Å². The van der Waals surface area contributed by atoms with Crippen LogP contribution in [0.2, 0.25) is 0 Å². The molecule has 1 heterocycles. The van der Waals surface area contributed by atoms with Crippen molar-refractivity contribution in [3.63, 3.8) is 0 Å². The molecule has 2 amide bonds. The molecule has 0 aliphatic rings. The highest BCUT2D eigenvalue weighted by Crippen LogP contribution is 2.20. The number of H-pyrrole nitrogens is 1. The van der Waals surface area contributed by atoms with Crippen molar-refractivity contribution in [2.75, 3.05) is 19.7 Å². The molecule has 2 aromatic carbocycles. The number of amides is 2. The summed E-state index contributed by atoms with van der Waals surface area (Å²) >= 11 is 0. The lowest BCUT2D eigenvalue weighted by Gasteiger charge is -2.10. The summed E-state index contributed by atoms with van der Waals surface area (Å²) in [4.78, 5) is 24.1. The highest BCUT2D eigenvalue weighted by atomic mass is 16.5. The first-order valence-corrected chi connectivity index (χ1v) is 9.25. The van der Waals surface area contributed by atoms with Crippen LogP contribution in [0.4, 0.5) is 0 Å². The number of para-hydroxylation sites is 1. The van der Waals surface area contributed by atoms with E-state index in [9.17, 15) is 9.59 Å². The minimum atomic E-state index is -0.284. The van der Waals surface area contributed by atoms with Crippen molar-refractivity contribution in [3.05, 3.63) is 59.8 Å². The standard InChI is InChI=1S/C21H24N4O3/c1-14(2)15-6-5-7-16(12-15)28-13-19(26)22-10-11-23-21(27)20-17-8-3-4-9-18(17)24-25-20/h3-9,12,14H,10-11,13H2,1-2H3,(H,22,26)(H,23,27)(H,24,25). The normalized spacial score (nSPS) is 10.8. The SMILES string of the molecule is CC(C)c1cccc(OCC(=O)NCCNC(=O)c2n[nH]c3ccccc23)c1. The van der Waals surface area contributed by atoms with Crippen molar-refractivity contribution in [1.82, 2.24) is 20.8 Å². The molecule has 7 nitrogen and oxygen atoms in total. The maximum absolute atomic E-state index is 12.2. The van der Waals surface area contributed by atoms with Gasteiger partial charge in [-0.3, -0.25) is 14.7 Å². The highest BCUT2D eigenvalue weighted by molar-refractivity contribution is 6.04. The fourth-order valence-corrected chi connectivity index (χ4v) is 2.76. The van der Waals surface area contributed by atoms with E-state index in [4.69, 9.17) is 4.74 Å². The van der Waals surface area contributed by atoms with Crippen molar-refractivity contribution in [1.29, 1.82) is 0 Å². The van der Waals surface area contributed by atoms with E-state index in [-0.39, 0.29) is 18.4 Å². The van der Waals surface area contributed by atoms with Crippen LogP contribution in [0.3, 0.4) is 0 Å². The second kappa shape index (κ2) is 9.03. The molecule has 0 unspecified atom stereocenters. The third-order valence-electron chi connectivity index (χ3n) is 4.31. The van der Waals surface area contributed by atoms with Crippen LogP contribution in [-0.2, 0) is 4.79 Å². The van der Waals surface area contributed by atoms with E-state index in [1.54, 1.807) is 0 Å². The van der Waals surface area contributed by atoms with Crippen molar-refractivity contribution in [3.8, 4) is 5.75 Å². The Kier molecular flexibility index (Phi) is 6.26. The van der Waals surface area contributed by atoms with Gasteiger partial charge in [-0.2, -0.15) is 5.10 Å². The van der Waals surface area contributed by atoms with Crippen LogP contribution in [-0.4, -0.2) is 41.7 Å². The number of aromatic nitrogens is 2. The molecule has 0 saturated carbocycles. The molecule has 3 N–H and O–H groups in total. The largest absolute Gasteiger partial charge is 0.484 e. The van der Waals surface area contributed by atoms with E-state index in [1.807, 2.05) is 48.5 Å². The summed E-state index contributed by atoms with van der Waals surface area (Å²) in [6, 6.07) is 15.1. The van der Waals surface area contributed by atoms with Crippen molar-refractivity contribution in [2.45, 2.75) is 19.8 Å². The van der Waals surface area contributed by atoms with Gasteiger partial charge in [-0.25, -0.2) is 0 Å². The maximum atomic E-state index is 12.2. The Hall–Kier alpha value is -3.35. The molecule has 3 rings (SSSR count). The lowest BCUT2D eigenvalue weighted by molar-refractivity contribution is -0.123. The lowest BCUT2D eigenvalue weighted by Crippen LogP contribution is -2.36. The molecular formula is C21H24N4O3. The van der Waals surface area contributed by atoms with E-state index in [1.165, 1.54) is 0 Å². The summed E-state index contributed by atoms with van der Waals surface area (Å²) in [7, 11) is 0. The quantitative estimate of drug-likeness (QED) is 0.524.